The lowest BCUT2D eigenvalue weighted by Gasteiger charge is -2.12. The molecule has 2 rings (SSSR count). The molecule has 0 saturated carbocycles. The van der Waals surface area contributed by atoms with Gasteiger partial charge in [0.25, 0.3) is 0 Å². The zero-order chi connectivity index (χ0) is 12.6. The number of H-pyrrole nitrogens is 1. The number of carbonyl (C=O) groups excluding carboxylic acids is 1. The number of alkyl halides is 4. The molecule has 0 aliphatic carbocycles. The minimum absolute atomic E-state index is 0.206. The fourth-order valence-corrected chi connectivity index (χ4v) is 1.54. The first-order valence-electron chi connectivity index (χ1n) is 4.71. The van der Waals surface area contributed by atoms with Gasteiger partial charge in [0, 0.05) is 22.7 Å². The van der Waals surface area contributed by atoms with Crippen molar-refractivity contribution >= 4 is 16.7 Å². The summed E-state index contributed by atoms with van der Waals surface area (Å²) in [7, 11) is 0. The van der Waals surface area contributed by atoms with E-state index in [0.717, 1.165) is 6.20 Å². The SMILES string of the molecule is O=C(c1c[nH]c2ccccc12)C(F)(F)C(F)F. The second-order valence-corrected chi connectivity index (χ2v) is 3.50. The van der Waals surface area contributed by atoms with Gasteiger partial charge in [0.05, 0.1) is 0 Å². The monoisotopic (exact) mass is 245 g/mol. The average Bonchev–Trinajstić information content (AvgIpc) is 2.71. The van der Waals surface area contributed by atoms with Crippen molar-refractivity contribution in [1.29, 1.82) is 0 Å². The van der Waals surface area contributed by atoms with Gasteiger partial charge in [-0.1, -0.05) is 18.2 Å². The lowest BCUT2D eigenvalue weighted by atomic mass is 10.0. The van der Waals surface area contributed by atoms with Crippen LogP contribution in [0.2, 0.25) is 0 Å². The number of para-hydroxylation sites is 1. The van der Waals surface area contributed by atoms with Gasteiger partial charge >= 0.3 is 12.3 Å². The maximum atomic E-state index is 12.9. The van der Waals surface area contributed by atoms with Crippen molar-refractivity contribution in [1.82, 2.24) is 4.98 Å². The van der Waals surface area contributed by atoms with Gasteiger partial charge in [-0.2, -0.15) is 8.78 Å². The Morgan fingerprint density at radius 3 is 2.53 bits per heavy atom. The predicted molar refractivity (Wildman–Crippen MR) is 53.6 cm³/mol. The van der Waals surface area contributed by atoms with Gasteiger partial charge in [-0.05, 0) is 6.07 Å². The highest BCUT2D eigenvalue weighted by atomic mass is 19.3. The van der Waals surface area contributed by atoms with Crippen LogP contribution in [-0.4, -0.2) is 23.1 Å². The summed E-state index contributed by atoms with van der Waals surface area (Å²) in [6.45, 7) is 0. The van der Waals surface area contributed by atoms with E-state index < -0.39 is 23.7 Å². The summed E-state index contributed by atoms with van der Waals surface area (Å²) in [5.74, 6) is -6.53. The van der Waals surface area contributed by atoms with Crippen LogP contribution in [-0.2, 0) is 0 Å². The first-order valence-corrected chi connectivity index (χ1v) is 4.71. The fourth-order valence-electron chi connectivity index (χ4n) is 1.54. The summed E-state index contributed by atoms with van der Waals surface area (Å²) >= 11 is 0. The quantitative estimate of drug-likeness (QED) is 0.653. The standard InChI is InChI=1S/C11H7F4NO/c12-10(13)11(14,15)9(17)7-5-16-8-4-2-1-3-6(7)8/h1-5,10,16H. The molecule has 0 aliphatic heterocycles. The Hall–Kier alpha value is -1.85. The van der Waals surface area contributed by atoms with Gasteiger partial charge < -0.3 is 4.98 Å². The third kappa shape index (κ3) is 1.79. The van der Waals surface area contributed by atoms with E-state index in [4.69, 9.17) is 0 Å². The van der Waals surface area contributed by atoms with Gasteiger partial charge in [-0.25, -0.2) is 8.78 Å². The molecule has 0 aliphatic rings. The number of nitrogens with one attached hydrogen (secondary N) is 1. The second-order valence-electron chi connectivity index (χ2n) is 3.50. The van der Waals surface area contributed by atoms with Crippen LogP contribution in [0.1, 0.15) is 10.4 Å². The molecule has 90 valence electrons. The number of halogens is 4. The molecular formula is C11H7F4NO. The highest BCUT2D eigenvalue weighted by molar-refractivity contribution is 6.11. The molecule has 1 aromatic heterocycles. The lowest BCUT2D eigenvalue weighted by Crippen LogP contribution is -2.36. The van der Waals surface area contributed by atoms with E-state index in [2.05, 4.69) is 4.98 Å². The number of hydrogen-bond donors (Lipinski definition) is 1. The maximum Gasteiger partial charge on any atom is 0.368 e. The summed E-state index contributed by atoms with van der Waals surface area (Å²) in [6.07, 6.45) is -2.99. The minimum atomic E-state index is -4.66. The second kappa shape index (κ2) is 3.87. The molecule has 17 heavy (non-hydrogen) atoms. The molecule has 0 bridgehead atoms. The smallest absolute Gasteiger partial charge is 0.360 e. The van der Waals surface area contributed by atoms with Crippen molar-refractivity contribution < 1.29 is 22.4 Å². The normalized spacial score (nSPS) is 12.3. The molecule has 0 spiro atoms. The van der Waals surface area contributed by atoms with E-state index in [1.165, 1.54) is 12.1 Å². The van der Waals surface area contributed by atoms with Gasteiger partial charge in [0.15, 0.2) is 0 Å². The molecule has 2 nitrogen and oxygen atoms in total. The van der Waals surface area contributed by atoms with Crippen LogP contribution in [0.15, 0.2) is 30.5 Å². The topological polar surface area (TPSA) is 32.9 Å². The van der Waals surface area contributed by atoms with Gasteiger partial charge in [0.2, 0.25) is 5.78 Å². The summed E-state index contributed by atoms with van der Waals surface area (Å²) in [6, 6.07) is 6.15. The third-order valence-corrected chi connectivity index (χ3v) is 2.41. The van der Waals surface area contributed by atoms with Gasteiger partial charge in [0.1, 0.15) is 0 Å². The fraction of sp³-hybridized carbons (Fsp3) is 0.182. The first kappa shape index (κ1) is 11.6. The highest BCUT2D eigenvalue weighted by Gasteiger charge is 2.49. The van der Waals surface area contributed by atoms with Crippen molar-refractivity contribution in [3.05, 3.63) is 36.0 Å². The number of benzene rings is 1. The van der Waals surface area contributed by atoms with Crippen LogP contribution in [0.25, 0.3) is 10.9 Å². The Balaban J connectivity index is 2.51. The van der Waals surface area contributed by atoms with Gasteiger partial charge in [-0.15, -0.1) is 0 Å². The molecule has 0 radical (unpaired) electrons. The Morgan fingerprint density at radius 2 is 1.88 bits per heavy atom. The van der Waals surface area contributed by atoms with Crippen molar-refractivity contribution in [3.63, 3.8) is 0 Å². The number of ketones is 1. The lowest BCUT2D eigenvalue weighted by molar-refractivity contribution is -0.0957. The van der Waals surface area contributed by atoms with Crippen LogP contribution in [0.3, 0.4) is 0 Å². The number of aromatic nitrogens is 1. The minimum Gasteiger partial charge on any atom is -0.360 e. The van der Waals surface area contributed by atoms with Crippen molar-refractivity contribution in [2.24, 2.45) is 0 Å². The van der Waals surface area contributed by atoms with Gasteiger partial charge in [-0.3, -0.25) is 4.79 Å². The van der Waals surface area contributed by atoms with E-state index in [9.17, 15) is 22.4 Å². The van der Waals surface area contributed by atoms with E-state index in [-0.39, 0.29) is 5.39 Å². The van der Waals surface area contributed by atoms with E-state index >= 15 is 0 Å². The summed E-state index contributed by atoms with van der Waals surface area (Å²) in [5, 5.41) is 0.206. The molecule has 0 amide bonds. The number of fused-ring (bicyclic) bond motifs is 1. The van der Waals surface area contributed by atoms with Crippen LogP contribution in [0, 0.1) is 0 Å². The molecule has 0 atom stereocenters. The Bertz CT molecular complexity index is 561. The summed E-state index contributed by atoms with van der Waals surface area (Å²) in [5.41, 5.74) is 0.0202. The number of Topliss-reactive ketones (excluding diaryl/α,β-unsaturated/α-hetero) is 1. The van der Waals surface area contributed by atoms with Crippen molar-refractivity contribution in [3.8, 4) is 0 Å². The molecule has 0 saturated heterocycles. The Morgan fingerprint density at radius 1 is 1.24 bits per heavy atom. The predicted octanol–water partition coefficient (Wildman–Crippen LogP) is 3.25. The first-order chi connectivity index (χ1) is 7.94. The molecule has 1 aromatic carbocycles. The number of hydrogen-bond acceptors (Lipinski definition) is 1. The number of rotatable bonds is 3. The van der Waals surface area contributed by atoms with Crippen molar-refractivity contribution in [2.45, 2.75) is 12.3 Å². The molecule has 0 unspecified atom stereocenters. The summed E-state index contributed by atoms with van der Waals surface area (Å²) < 4.78 is 50.0. The van der Waals surface area contributed by atoms with E-state index in [1.54, 1.807) is 12.1 Å². The molecule has 1 N–H and O–H groups in total. The van der Waals surface area contributed by atoms with Crippen LogP contribution in [0.4, 0.5) is 17.6 Å². The molecule has 2 aromatic rings. The Kier molecular flexibility index (Phi) is 2.65. The maximum absolute atomic E-state index is 12.9. The molecule has 6 heteroatoms. The van der Waals surface area contributed by atoms with Crippen LogP contribution >= 0.6 is 0 Å². The molecular weight excluding hydrogens is 238 g/mol. The van der Waals surface area contributed by atoms with Crippen molar-refractivity contribution in [2.75, 3.05) is 0 Å². The van der Waals surface area contributed by atoms with Crippen LogP contribution in [0.5, 0.6) is 0 Å². The van der Waals surface area contributed by atoms with E-state index in [1.807, 2.05) is 0 Å². The average molecular weight is 245 g/mol. The largest absolute Gasteiger partial charge is 0.368 e. The number of carbonyl (C=O) groups is 1. The third-order valence-electron chi connectivity index (χ3n) is 2.41. The zero-order valence-electron chi connectivity index (χ0n) is 8.38. The Labute approximate surface area is 93.2 Å². The van der Waals surface area contributed by atoms with Crippen LogP contribution < -0.4 is 0 Å². The summed E-state index contributed by atoms with van der Waals surface area (Å²) in [4.78, 5) is 13.9. The highest BCUT2D eigenvalue weighted by Crippen LogP contribution is 2.30. The zero-order valence-corrected chi connectivity index (χ0v) is 8.38. The molecule has 0 fully saturated rings. The van der Waals surface area contributed by atoms with E-state index in [0.29, 0.717) is 5.52 Å². The number of aromatic amines is 1. The molecule has 1 heterocycles.